The van der Waals surface area contributed by atoms with Gasteiger partial charge in [-0.1, -0.05) is 26.0 Å². The summed E-state index contributed by atoms with van der Waals surface area (Å²) in [5.41, 5.74) is 2.32. The second kappa shape index (κ2) is 7.08. The number of amides is 2. The number of hydrogen-bond donors (Lipinski definition) is 1. The summed E-state index contributed by atoms with van der Waals surface area (Å²) >= 11 is 0. The lowest BCUT2D eigenvalue weighted by Crippen LogP contribution is -2.29. The van der Waals surface area contributed by atoms with E-state index in [1.54, 1.807) is 31.3 Å². The van der Waals surface area contributed by atoms with Gasteiger partial charge in [0.25, 0.3) is 11.8 Å². The van der Waals surface area contributed by atoms with Gasteiger partial charge in [0.15, 0.2) is 5.78 Å². The van der Waals surface area contributed by atoms with Crippen LogP contribution in [0.15, 0.2) is 42.5 Å². The summed E-state index contributed by atoms with van der Waals surface area (Å²) in [6, 6.07) is 11.6. The van der Waals surface area contributed by atoms with Crippen LogP contribution in [0.4, 0.5) is 11.4 Å². The molecular weight excluding hydrogens is 304 g/mol. The van der Waals surface area contributed by atoms with E-state index < -0.39 is 5.91 Å². The Labute approximate surface area is 141 Å². The maximum atomic E-state index is 12.6. The summed E-state index contributed by atoms with van der Waals surface area (Å²) in [5, 5.41) is 2.97. The molecule has 0 spiro atoms. The number of benzene rings is 2. The minimum absolute atomic E-state index is 0.140. The predicted octanol–water partition coefficient (Wildman–Crippen LogP) is 3.76. The molecule has 5 heteroatoms. The fourth-order valence-electron chi connectivity index (χ4n) is 2.49. The van der Waals surface area contributed by atoms with Gasteiger partial charge in [-0.25, -0.2) is 4.90 Å². The van der Waals surface area contributed by atoms with Gasteiger partial charge in [-0.15, -0.1) is 0 Å². The largest absolute Gasteiger partial charge is 0.388 e. The van der Waals surface area contributed by atoms with Crippen molar-refractivity contribution in [2.75, 3.05) is 17.3 Å². The maximum absolute atomic E-state index is 12.6. The smallest absolute Gasteiger partial charge is 0.266 e. The van der Waals surface area contributed by atoms with Crippen molar-refractivity contribution in [3.8, 4) is 0 Å². The lowest BCUT2D eigenvalue weighted by Gasteiger charge is -2.14. The lowest BCUT2D eigenvalue weighted by molar-refractivity contribution is 0.0925. The van der Waals surface area contributed by atoms with Gasteiger partial charge in [0, 0.05) is 18.3 Å². The molecule has 5 nitrogen and oxygen atoms in total. The molecule has 0 bridgehead atoms. The van der Waals surface area contributed by atoms with Crippen LogP contribution in [-0.2, 0) is 0 Å². The van der Waals surface area contributed by atoms with E-state index in [-0.39, 0.29) is 17.3 Å². The Kier molecular flexibility index (Phi) is 5.14. The van der Waals surface area contributed by atoms with Crippen molar-refractivity contribution in [1.82, 2.24) is 0 Å². The number of nitrogens with one attached hydrogen (secondary N) is 1. The number of carbonyl (C=O) groups is 3. The molecule has 0 saturated heterocycles. The number of anilines is 2. The Morgan fingerprint density at radius 2 is 1.62 bits per heavy atom. The normalized spacial score (nSPS) is 12.4. The highest BCUT2D eigenvalue weighted by molar-refractivity contribution is 6.34. The predicted molar refractivity (Wildman–Crippen MR) is 94.9 cm³/mol. The van der Waals surface area contributed by atoms with Crippen LogP contribution < -0.4 is 10.2 Å². The van der Waals surface area contributed by atoms with E-state index in [9.17, 15) is 14.4 Å². The van der Waals surface area contributed by atoms with Crippen LogP contribution in [-0.4, -0.2) is 24.6 Å². The fraction of sp³-hybridized carbons (Fsp3) is 0.211. The molecule has 1 heterocycles. The molecule has 0 saturated carbocycles. The zero-order chi connectivity index (χ0) is 17.9. The molecule has 0 aromatic heterocycles. The van der Waals surface area contributed by atoms with Crippen molar-refractivity contribution in [1.29, 1.82) is 0 Å². The molecule has 0 atom stereocenters. The van der Waals surface area contributed by atoms with Crippen molar-refractivity contribution in [2.24, 2.45) is 0 Å². The van der Waals surface area contributed by atoms with Gasteiger partial charge in [-0.05, 0) is 37.3 Å². The molecule has 0 fully saturated rings. The second-order valence-corrected chi connectivity index (χ2v) is 5.06. The van der Waals surface area contributed by atoms with E-state index in [1.165, 1.54) is 19.1 Å². The molecule has 3 rings (SSSR count). The quantitative estimate of drug-likeness (QED) is 0.689. The summed E-state index contributed by atoms with van der Waals surface area (Å²) in [6.07, 6.45) is 0. The number of nitrogens with zero attached hydrogens (tertiary/aromatic N) is 1. The Bertz CT molecular complexity index is 812. The van der Waals surface area contributed by atoms with Crippen LogP contribution in [0, 0.1) is 0 Å². The van der Waals surface area contributed by atoms with E-state index >= 15 is 0 Å². The average molecular weight is 324 g/mol. The Balaban J connectivity index is 0.00000100. The third-order valence-corrected chi connectivity index (χ3v) is 3.69. The molecule has 2 aromatic carbocycles. The SMILES string of the molecule is CC.CNc1cccc(N2C(=O)c3ccc(C(C)=O)cc3C2=O)c1. The van der Waals surface area contributed by atoms with E-state index in [1.807, 2.05) is 19.9 Å². The van der Waals surface area contributed by atoms with Gasteiger partial charge in [0.05, 0.1) is 16.8 Å². The first-order valence-corrected chi connectivity index (χ1v) is 7.84. The molecule has 1 aliphatic heterocycles. The van der Waals surface area contributed by atoms with E-state index in [2.05, 4.69) is 5.32 Å². The molecule has 0 aliphatic carbocycles. The van der Waals surface area contributed by atoms with Crippen molar-refractivity contribution in [3.63, 3.8) is 0 Å². The fourth-order valence-corrected chi connectivity index (χ4v) is 2.49. The first-order chi connectivity index (χ1) is 11.5. The van der Waals surface area contributed by atoms with Gasteiger partial charge in [-0.2, -0.15) is 0 Å². The Morgan fingerprint density at radius 1 is 0.958 bits per heavy atom. The number of fused-ring (bicyclic) bond motifs is 1. The molecule has 124 valence electrons. The number of imide groups is 1. The molecule has 0 unspecified atom stereocenters. The van der Waals surface area contributed by atoms with Crippen molar-refractivity contribution < 1.29 is 14.4 Å². The van der Waals surface area contributed by atoms with Gasteiger partial charge in [0.1, 0.15) is 0 Å². The van der Waals surface area contributed by atoms with Crippen LogP contribution in [0.25, 0.3) is 0 Å². The van der Waals surface area contributed by atoms with Crippen LogP contribution in [0.1, 0.15) is 51.8 Å². The third-order valence-electron chi connectivity index (χ3n) is 3.69. The number of rotatable bonds is 3. The highest BCUT2D eigenvalue weighted by atomic mass is 16.2. The summed E-state index contributed by atoms with van der Waals surface area (Å²) in [5.74, 6) is -0.918. The molecule has 1 aliphatic rings. The average Bonchev–Trinajstić information content (AvgIpc) is 2.87. The van der Waals surface area contributed by atoms with Gasteiger partial charge >= 0.3 is 0 Å². The summed E-state index contributed by atoms with van der Waals surface area (Å²) in [6.45, 7) is 5.43. The minimum Gasteiger partial charge on any atom is -0.388 e. The third kappa shape index (κ3) is 2.93. The first-order valence-electron chi connectivity index (χ1n) is 7.84. The van der Waals surface area contributed by atoms with Gasteiger partial charge in [-0.3, -0.25) is 14.4 Å². The molecule has 1 N–H and O–H groups in total. The van der Waals surface area contributed by atoms with Crippen LogP contribution in [0.2, 0.25) is 0 Å². The van der Waals surface area contributed by atoms with Crippen molar-refractivity contribution >= 4 is 29.0 Å². The highest BCUT2D eigenvalue weighted by Gasteiger charge is 2.37. The van der Waals surface area contributed by atoms with Gasteiger partial charge in [0.2, 0.25) is 0 Å². The standard InChI is InChI=1S/C17H14N2O3.C2H6/c1-10(20)11-6-7-14-15(8-11)17(22)19(16(14)21)13-5-3-4-12(9-13)18-2;1-2/h3-9,18H,1-2H3;1-2H3. The summed E-state index contributed by atoms with van der Waals surface area (Å²) in [4.78, 5) is 37.6. The molecular formula is C19H20N2O3. The maximum Gasteiger partial charge on any atom is 0.266 e. The number of Topliss-reactive ketones (excluding diaryl/α,β-unsaturated/α-hetero) is 1. The summed E-state index contributed by atoms with van der Waals surface area (Å²) < 4.78 is 0. The molecule has 24 heavy (non-hydrogen) atoms. The summed E-state index contributed by atoms with van der Waals surface area (Å²) in [7, 11) is 1.76. The van der Waals surface area contributed by atoms with Crippen LogP contribution in [0.5, 0.6) is 0 Å². The Hall–Kier alpha value is -2.95. The Morgan fingerprint density at radius 3 is 2.25 bits per heavy atom. The number of ketones is 1. The van der Waals surface area contributed by atoms with E-state index in [4.69, 9.17) is 0 Å². The van der Waals surface area contributed by atoms with E-state index in [0.717, 1.165) is 10.6 Å². The van der Waals surface area contributed by atoms with Crippen LogP contribution in [0.3, 0.4) is 0 Å². The number of carbonyl (C=O) groups excluding carboxylic acids is 3. The van der Waals surface area contributed by atoms with E-state index in [0.29, 0.717) is 16.8 Å². The number of hydrogen-bond acceptors (Lipinski definition) is 4. The molecule has 2 aromatic rings. The molecule has 0 radical (unpaired) electrons. The minimum atomic E-state index is -0.406. The van der Waals surface area contributed by atoms with Crippen molar-refractivity contribution in [2.45, 2.75) is 20.8 Å². The first kappa shape index (κ1) is 17.4. The second-order valence-electron chi connectivity index (χ2n) is 5.06. The molecule has 2 amide bonds. The van der Waals surface area contributed by atoms with Gasteiger partial charge < -0.3 is 5.32 Å². The monoisotopic (exact) mass is 324 g/mol. The van der Waals surface area contributed by atoms with Crippen molar-refractivity contribution in [3.05, 3.63) is 59.2 Å². The lowest BCUT2D eigenvalue weighted by atomic mass is 10.0. The highest BCUT2D eigenvalue weighted by Crippen LogP contribution is 2.30. The zero-order valence-corrected chi connectivity index (χ0v) is 14.2. The topological polar surface area (TPSA) is 66.5 Å². The van der Waals surface area contributed by atoms with Crippen LogP contribution >= 0.6 is 0 Å². The zero-order valence-electron chi connectivity index (χ0n) is 14.2.